The van der Waals surface area contributed by atoms with Crippen LogP contribution in [0.5, 0.6) is 0 Å². The first-order valence-electron chi connectivity index (χ1n) is 3.05. The van der Waals surface area contributed by atoms with Crippen LogP contribution in [0.4, 0.5) is 5.69 Å². The smallest absolute Gasteiger partial charge is 0.0805 e. The molecule has 0 spiro atoms. The molecule has 52 valence electrons. The van der Waals surface area contributed by atoms with Crippen molar-refractivity contribution in [3.8, 4) is 0 Å². The Hall–Kier alpha value is -0.670. The van der Waals surface area contributed by atoms with Gasteiger partial charge < -0.3 is 0 Å². The second-order valence-electron chi connectivity index (χ2n) is 2.12. The molecule has 2 nitrogen and oxygen atoms in total. The second kappa shape index (κ2) is 2.18. The van der Waals surface area contributed by atoms with E-state index in [1.54, 1.807) is 5.06 Å². The Bertz CT molecular complexity index is 251. The number of fused-ring (bicyclic) bond motifs is 1. The predicted octanol–water partition coefficient (Wildman–Crippen LogP) is 2.08. The molecule has 0 bridgehead atoms. The molecule has 0 saturated heterocycles. The lowest BCUT2D eigenvalue weighted by molar-refractivity contribution is 0.372. The fourth-order valence-corrected chi connectivity index (χ4v) is 1.61. The van der Waals surface area contributed by atoms with Crippen molar-refractivity contribution in [2.24, 2.45) is 0 Å². The van der Waals surface area contributed by atoms with Crippen molar-refractivity contribution in [2.75, 3.05) is 12.1 Å². The van der Waals surface area contributed by atoms with Crippen molar-refractivity contribution in [2.45, 2.75) is 4.90 Å². The largest absolute Gasteiger partial charge is 0.243 e. The molecule has 0 aliphatic carbocycles. The Balaban J connectivity index is 2.51. The SMILES string of the molecule is CN1OSc2ccccc21. The van der Waals surface area contributed by atoms with E-state index < -0.39 is 0 Å². The summed E-state index contributed by atoms with van der Waals surface area (Å²) in [6.07, 6.45) is 0. The lowest BCUT2D eigenvalue weighted by atomic mass is 10.3. The monoisotopic (exact) mass is 153 g/mol. The number of hydroxylamine groups is 1. The van der Waals surface area contributed by atoms with E-state index in [0.29, 0.717) is 0 Å². The summed E-state index contributed by atoms with van der Waals surface area (Å²) in [4.78, 5) is 1.19. The van der Waals surface area contributed by atoms with Gasteiger partial charge in [0.05, 0.1) is 22.6 Å². The van der Waals surface area contributed by atoms with E-state index in [1.807, 2.05) is 31.3 Å². The Kier molecular flexibility index (Phi) is 1.32. The normalized spacial score (nSPS) is 15.5. The first kappa shape index (κ1) is 6.07. The molecular formula is C7H7NOS. The number of nitrogens with zero attached hydrogens (tertiary/aromatic N) is 1. The molecule has 0 amide bonds. The van der Waals surface area contributed by atoms with Crippen molar-refractivity contribution in [3.05, 3.63) is 24.3 Å². The van der Waals surface area contributed by atoms with Gasteiger partial charge in [0.15, 0.2) is 0 Å². The summed E-state index contributed by atoms with van der Waals surface area (Å²) in [7, 11) is 1.90. The summed E-state index contributed by atoms with van der Waals surface area (Å²) >= 11 is 1.40. The van der Waals surface area contributed by atoms with E-state index >= 15 is 0 Å². The molecule has 0 aromatic heterocycles. The maximum atomic E-state index is 5.17. The summed E-state index contributed by atoms with van der Waals surface area (Å²) in [5.74, 6) is 0. The Morgan fingerprint density at radius 1 is 1.40 bits per heavy atom. The Labute approximate surface area is 64.0 Å². The van der Waals surface area contributed by atoms with Crippen LogP contribution in [0.25, 0.3) is 0 Å². The van der Waals surface area contributed by atoms with Crippen LogP contribution < -0.4 is 5.06 Å². The Morgan fingerprint density at radius 2 is 2.20 bits per heavy atom. The average molecular weight is 153 g/mol. The average Bonchev–Trinajstić information content (AvgIpc) is 2.34. The summed E-state index contributed by atoms with van der Waals surface area (Å²) in [6, 6.07) is 8.09. The molecule has 0 saturated carbocycles. The van der Waals surface area contributed by atoms with Gasteiger partial charge in [0.25, 0.3) is 0 Å². The summed E-state index contributed by atoms with van der Waals surface area (Å²) < 4.78 is 5.17. The first-order valence-corrected chi connectivity index (χ1v) is 3.79. The van der Waals surface area contributed by atoms with Crippen LogP contribution >= 0.6 is 12.0 Å². The fourth-order valence-electron chi connectivity index (χ4n) is 0.924. The fraction of sp³-hybridized carbons (Fsp3) is 0.143. The molecule has 2 rings (SSSR count). The highest BCUT2D eigenvalue weighted by Gasteiger charge is 2.16. The van der Waals surface area contributed by atoms with Crippen LogP contribution in [-0.2, 0) is 4.28 Å². The summed E-state index contributed by atoms with van der Waals surface area (Å²) in [5.41, 5.74) is 1.15. The molecule has 1 heterocycles. The minimum absolute atomic E-state index is 1.15. The van der Waals surface area contributed by atoms with Crippen LogP contribution in [-0.4, -0.2) is 7.05 Å². The molecule has 0 N–H and O–H groups in total. The van der Waals surface area contributed by atoms with E-state index in [-0.39, 0.29) is 0 Å². The number of hydrogen-bond donors (Lipinski definition) is 0. The molecule has 1 aromatic rings. The van der Waals surface area contributed by atoms with Crippen LogP contribution in [0.1, 0.15) is 0 Å². The van der Waals surface area contributed by atoms with E-state index in [4.69, 9.17) is 4.28 Å². The molecule has 0 fully saturated rings. The van der Waals surface area contributed by atoms with E-state index in [0.717, 1.165) is 5.69 Å². The third-order valence-electron chi connectivity index (χ3n) is 1.44. The lowest BCUT2D eigenvalue weighted by Crippen LogP contribution is -2.07. The molecule has 0 atom stereocenters. The molecule has 1 aromatic carbocycles. The molecule has 10 heavy (non-hydrogen) atoms. The van der Waals surface area contributed by atoms with Crippen LogP contribution in [0.2, 0.25) is 0 Å². The number of anilines is 1. The highest BCUT2D eigenvalue weighted by atomic mass is 32.2. The maximum absolute atomic E-state index is 5.17. The third kappa shape index (κ3) is 0.786. The molecular weight excluding hydrogens is 146 g/mol. The van der Waals surface area contributed by atoms with E-state index in [1.165, 1.54) is 16.9 Å². The van der Waals surface area contributed by atoms with E-state index in [2.05, 4.69) is 0 Å². The van der Waals surface area contributed by atoms with Gasteiger partial charge in [0, 0.05) is 7.05 Å². The van der Waals surface area contributed by atoms with Gasteiger partial charge in [0.2, 0.25) is 0 Å². The first-order chi connectivity index (χ1) is 4.88. The third-order valence-corrected chi connectivity index (χ3v) is 2.27. The van der Waals surface area contributed by atoms with Crippen LogP contribution in [0.3, 0.4) is 0 Å². The topological polar surface area (TPSA) is 12.5 Å². The lowest BCUT2D eigenvalue weighted by Gasteiger charge is -2.06. The Morgan fingerprint density at radius 3 is 3.00 bits per heavy atom. The standard InChI is InChI=1S/C7H7NOS/c1-8-6-4-2-3-5-7(6)10-9-8/h2-5H,1H3. The molecule has 1 aliphatic rings. The van der Waals surface area contributed by atoms with Crippen molar-refractivity contribution in [1.29, 1.82) is 0 Å². The van der Waals surface area contributed by atoms with Crippen molar-refractivity contribution in [1.82, 2.24) is 0 Å². The van der Waals surface area contributed by atoms with E-state index in [9.17, 15) is 0 Å². The highest BCUT2D eigenvalue weighted by molar-refractivity contribution is 7.95. The second-order valence-corrected chi connectivity index (χ2v) is 2.88. The van der Waals surface area contributed by atoms with Gasteiger partial charge in [-0.3, -0.25) is 0 Å². The van der Waals surface area contributed by atoms with Crippen LogP contribution in [0.15, 0.2) is 29.2 Å². The predicted molar refractivity (Wildman–Crippen MR) is 41.8 cm³/mol. The molecule has 1 aliphatic heterocycles. The quantitative estimate of drug-likeness (QED) is 0.529. The minimum Gasteiger partial charge on any atom is -0.243 e. The number of hydrogen-bond acceptors (Lipinski definition) is 3. The minimum atomic E-state index is 1.15. The number of para-hydroxylation sites is 1. The zero-order valence-electron chi connectivity index (χ0n) is 5.57. The van der Waals surface area contributed by atoms with Gasteiger partial charge in [0.1, 0.15) is 0 Å². The number of rotatable bonds is 0. The number of benzene rings is 1. The molecule has 0 unspecified atom stereocenters. The van der Waals surface area contributed by atoms with Gasteiger partial charge in [-0.1, -0.05) is 12.1 Å². The molecule has 0 radical (unpaired) electrons. The maximum Gasteiger partial charge on any atom is 0.0805 e. The van der Waals surface area contributed by atoms with Crippen molar-refractivity contribution >= 4 is 17.7 Å². The van der Waals surface area contributed by atoms with Crippen molar-refractivity contribution in [3.63, 3.8) is 0 Å². The van der Waals surface area contributed by atoms with Gasteiger partial charge in [-0.25, -0.2) is 5.06 Å². The zero-order valence-corrected chi connectivity index (χ0v) is 6.39. The van der Waals surface area contributed by atoms with Gasteiger partial charge in [-0.15, -0.1) is 0 Å². The zero-order chi connectivity index (χ0) is 6.97. The summed E-state index contributed by atoms with van der Waals surface area (Å²) in [6.45, 7) is 0. The van der Waals surface area contributed by atoms with Gasteiger partial charge in [-0.05, 0) is 12.1 Å². The molecule has 3 heteroatoms. The van der Waals surface area contributed by atoms with Gasteiger partial charge in [-0.2, -0.15) is 4.28 Å². The van der Waals surface area contributed by atoms with Crippen LogP contribution in [0, 0.1) is 0 Å². The van der Waals surface area contributed by atoms with Crippen molar-refractivity contribution < 1.29 is 4.28 Å². The summed E-state index contributed by atoms with van der Waals surface area (Å²) in [5, 5.41) is 1.76. The van der Waals surface area contributed by atoms with Gasteiger partial charge >= 0.3 is 0 Å². The highest BCUT2D eigenvalue weighted by Crippen LogP contribution is 2.37.